The maximum absolute atomic E-state index is 12.3. The van der Waals surface area contributed by atoms with Gasteiger partial charge in [0.15, 0.2) is 4.96 Å². The molecule has 0 radical (unpaired) electrons. The molecule has 1 fully saturated rings. The monoisotopic (exact) mass is 321 g/mol. The van der Waals surface area contributed by atoms with Gasteiger partial charge in [-0.2, -0.15) is 0 Å². The van der Waals surface area contributed by atoms with Gasteiger partial charge in [0.25, 0.3) is 11.5 Å². The summed E-state index contributed by atoms with van der Waals surface area (Å²) in [4.78, 5) is 30.2. The Balaban J connectivity index is 1.77. The standard InChI is InChI=1S/C15H19N3O3S/c1-10-8-18-13(20)11(7-16-14(18)22-10)12(19)17-9-15(21)5-3-2-4-6-15/h7-8,21H,2-6,9H2,1H3,(H,17,19). The lowest BCUT2D eigenvalue weighted by Crippen LogP contribution is -2.45. The zero-order valence-corrected chi connectivity index (χ0v) is 13.3. The highest BCUT2D eigenvalue weighted by Gasteiger charge is 2.30. The van der Waals surface area contributed by atoms with Crippen LogP contribution in [0.5, 0.6) is 0 Å². The fourth-order valence-corrected chi connectivity index (χ4v) is 3.66. The normalized spacial score (nSPS) is 17.5. The molecule has 0 unspecified atom stereocenters. The quantitative estimate of drug-likeness (QED) is 0.897. The Morgan fingerprint density at radius 1 is 1.45 bits per heavy atom. The van der Waals surface area contributed by atoms with E-state index in [1.807, 2.05) is 6.92 Å². The Labute approximate surface area is 131 Å². The van der Waals surface area contributed by atoms with Gasteiger partial charge >= 0.3 is 0 Å². The molecule has 0 aromatic carbocycles. The van der Waals surface area contributed by atoms with E-state index in [9.17, 15) is 14.7 Å². The van der Waals surface area contributed by atoms with Crippen LogP contribution in [0.1, 0.15) is 47.3 Å². The molecule has 2 N–H and O–H groups in total. The van der Waals surface area contributed by atoms with Crippen LogP contribution in [0.15, 0.2) is 17.2 Å². The van der Waals surface area contributed by atoms with Gasteiger partial charge in [0.05, 0.1) is 5.60 Å². The first kappa shape index (κ1) is 15.2. The van der Waals surface area contributed by atoms with Crippen LogP contribution >= 0.6 is 11.3 Å². The Kier molecular flexibility index (Phi) is 4.01. The van der Waals surface area contributed by atoms with Crippen molar-refractivity contribution in [1.82, 2.24) is 14.7 Å². The predicted octanol–water partition coefficient (Wildman–Crippen LogP) is 1.49. The first-order valence-corrected chi connectivity index (χ1v) is 8.29. The number of fused-ring (bicyclic) bond motifs is 1. The predicted molar refractivity (Wildman–Crippen MR) is 84.4 cm³/mol. The molecule has 6 nitrogen and oxygen atoms in total. The molecule has 22 heavy (non-hydrogen) atoms. The van der Waals surface area contributed by atoms with E-state index in [0.29, 0.717) is 17.8 Å². The molecule has 2 aromatic rings. The highest BCUT2D eigenvalue weighted by atomic mass is 32.1. The molecule has 0 saturated heterocycles. The number of rotatable bonds is 3. The smallest absolute Gasteiger partial charge is 0.271 e. The molecule has 118 valence electrons. The van der Waals surface area contributed by atoms with Crippen molar-refractivity contribution in [3.8, 4) is 0 Å². The summed E-state index contributed by atoms with van der Waals surface area (Å²) >= 11 is 1.40. The zero-order valence-electron chi connectivity index (χ0n) is 12.5. The Morgan fingerprint density at radius 3 is 2.91 bits per heavy atom. The highest BCUT2D eigenvalue weighted by molar-refractivity contribution is 7.16. The first-order chi connectivity index (χ1) is 10.5. The molecule has 1 saturated carbocycles. The number of thiazole rings is 1. The van der Waals surface area contributed by atoms with Crippen LogP contribution < -0.4 is 10.9 Å². The van der Waals surface area contributed by atoms with Crippen molar-refractivity contribution in [1.29, 1.82) is 0 Å². The van der Waals surface area contributed by atoms with Crippen LogP contribution in [-0.4, -0.2) is 32.5 Å². The molecule has 0 spiro atoms. The fourth-order valence-electron chi connectivity index (χ4n) is 2.88. The third-order valence-electron chi connectivity index (χ3n) is 4.13. The van der Waals surface area contributed by atoms with Crippen molar-refractivity contribution in [2.75, 3.05) is 6.54 Å². The van der Waals surface area contributed by atoms with E-state index < -0.39 is 11.5 Å². The summed E-state index contributed by atoms with van der Waals surface area (Å²) in [6.07, 6.45) is 7.43. The highest BCUT2D eigenvalue weighted by Crippen LogP contribution is 2.27. The summed E-state index contributed by atoms with van der Waals surface area (Å²) in [7, 11) is 0. The minimum absolute atomic E-state index is 0.00899. The molecule has 3 rings (SSSR count). The summed E-state index contributed by atoms with van der Waals surface area (Å²) in [5.74, 6) is -0.477. The van der Waals surface area contributed by atoms with Gasteiger partial charge < -0.3 is 10.4 Å². The minimum Gasteiger partial charge on any atom is -0.388 e. The number of carbonyl (C=O) groups excluding carboxylic acids is 1. The van der Waals surface area contributed by atoms with Gasteiger partial charge in [0.1, 0.15) is 5.56 Å². The van der Waals surface area contributed by atoms with Gasteiger partial charge in [-0.15, -0.1) is 11.3 Å². The first-order valence-electron chi connectivity index (χ1n) is 7.47. The summed E-state index contributed by atoms with van der Waals surface area (Å²) in [5.41, 5.74) is -1.21. The summed E-state index contributed by atoms with van der Waals surface area (Å²) in [6.45, 7) is 2.06. The summed E-state index contributed by atoms with van der Waals surface area (Å²) in [6, 6.07) is 0. The number of aliphatic hydroxyl groups is 1. The molecule has 0 bridgehead atoms. The third kappa shape index (κ3) is 2.91. The van der Waals surface area contributed by atoms with Crippen molar-refractivity contribution >= 4 is 22.2 Å². The lowest BCUT2D eigenvalue weighted by molar-refractivity contribution is 0.00523. The molecule has 2 heterocycles. The van der Waals surface area contributed by atoms with Crippen LogP contribution in [-0.2, 0) is 0 Å². The van der Waals surface area contributed by atoms with E-state index in [4.69, 9.17) is 0 Å². The number of carbonyl (C=O) groups is 1. The van der Waals surface area contributed by atoms with Crippen LogP contribution in [0.3, 0.4) is 0 Å². The van der Waals surface area contributed by atoms with Crippen LogP contribution in [0.25, 0.3) is 4.96 Å². The number of nitrogens with zero attached hydrogens (tertiary/aromatic N) is 2. The van der Waals surface area contributed by atoms with E-state index in [1.54, 1.807) is 6.20 Å². The minimum atomic E-state index is -0.847. The topological polar surface area (TPSA) is 83.7 Å². The van der Waals surface area contributed by atoms with Crippen LogP contribution in [0.2, 0.25) is 0 Å². The SMILES string of the molecule is Cc1cn2c(=O)c(C(=O)NCC3(O)CCCCC3)cnc2s1. The summed E-state index contributed by atoms with van der Waals surface area (Å²) in [5, 5.41) is 13.1. The summed E-state index contributed by atoms with van der Waals surface area (Å²) < 4.78 is 1.39. The van der Waals surface area contributed by atoms with Crippen LogP contribution in [0, 0.1) is 6.92 Å². The van der Waals surface area contributed by atoms with Crippen molar-refractivity contribution < 1.29 is 9.90 Å². The largest absolute Gasteiger partial charge is 0.388 e. The average Bonchev–Trinajstić information content (AvgIpc) is 2.88. The van der Waals surface area contributed by atoms with E-state index >= 15 is 0 Å². The maximum atomic E-state index is 12.3. The van der Waals surface area contributed by atoms with E-state index in [2.05, 4.69) is 10.3 Å². The lowest BCUT2D eigenvalue weighted by atomic mass is 9.85. The van der Waals surface area contributed by atoms with E-state index in [-0.39, 0.29) is 17.7 Å². The second kappa shape index (κ2) is 5.81. The van der Waals surface area contributed by atoms with Gasteiger partial charge in [-0.25, -0.2) is 4.98 Å². The molecule has 2 aromatic heterocycles. The number of hydrogen-bond donors (Lipinski definition) is 2. The van der Waals surface area contributed by atoms with Crippen molar-refractivity contribution in [3.05, 3.63) is 33.2 Å². The number of aryl methyl sites for hydroxylation is 1. The Hall–Kier alpha value is -1.73. The van der Waals surface area contributed by atoms with Gasteiger partial charge in [0.2, 0.25) is 0 Å². The average molecular weight is 321 g/mol. The third-order valence-corrected chi connectivity index (χ3v) is 5.04. The number of amides is 1. The molecule has 1 aliphatic rings. The lowest BCUT2D eigenvalue weighted by Gasteiger charge is -2.32. The van der Waals surface area contributed by atoms with Gasteiger partial charge in [-0.1, -0.05) is 19.3 Å². The maximum Gasteiger partial charge on any atom is 0.271 e. The van der Waals surface area contributed by atoms with Crippen molar-refractivity contribution in [3.63, 3.8) is 0 Å². The molecule has 0 aliphatic heterocycles. The van der Waals surface area contributed by atoms with Crippen molar-refractivity contribution in [2.24, 2.45) is 0 Å². The molecule has 1 amide bonds. The zero-order chi connectivity index (χ0) is 15.7. The van der Waals surface area contributed by atoms with Crippen LogP contribution in [0.4, 0.5) is 0 Å². The molecule has 0 atom stereocenters. The Morgan fingerprint density at radius 2 is 2.18 bits per heavy atom. The number of nitrogens with one attached hydrogen (secondary N) is 1. The second-order valence-electron chi connectivity index (χ2n) is 5.94. The fraction of sp³-hybridized carbons (Fsp3) is 0.533. The molecular weight excluding hydrogens is 302 g/mol. The number of aromatic nitrogens is 2. The van der Waals surface area contributed by atoms with Gasteiger partial charge in [-0.3, -0.25) is 14.0 Å². The van der Waals surface area contributed by atoms with E-state index in [1.165, 1.54) is 21.9 Å². The second-order valence-corrected chi connectivity index (χ2v) is 7.15. The van der Waals surface area contributed by atoms with E-state index in [0.717, 1.165) is 24.1 Å². The molecule has 7 heteroatoms. The molecule has 1 aliphatic carbocycles. The Bertz CT molecular complexity index is 759. The van der Waals surface area contributed by atoms with Crippen molar-refractivity contribution in [2.45, 2.75) is 44.6 Å². The molecular formula is C15H19N3O3S. The van der Waals surface area contributed by atoms with Gasteiger partial charge in [-0.05, 0) is 19.8 Å². The van der Waals surface area contributed by atoms with Gasteiger partial charge in [0, 0.05) is 23.8 Å². The number of hydrogen-bond acceptors (Lipinski definition) is 5.